The Balaban J connectivity index is 2.19. The first kappa shape index (κ1) is 9.25. The van der Waals surface area contributed by atoms with E-state index in [0.717, 1.165) is 18.5 Å². The van der Waals surface area contributed by atoms with Crippen molar-refractivity contribution < 1.29 is 4.79 Å². The van der Waals surface area contributed by atoms with Gasteiger partial charge in [0.05, 0.1) is 0 Å². The minimum atomic E-state index is 0.174. The Hall–Kier alpha value is -1.31. The van der Waals surface area contributed by atoms with Crippen LogP contribution in [0.25, 0.3) is 0 Å². The number of hydrogen-bond donors (Lipinski definition) is 0. The number of amides is 1. The van der Waals surface area contributed by atoms with Crippen LogP contribution in [0.1, 0.15) is 29.8 Å². The van der Waals surface area contributed by atoms with Gasteiger partial charge < -0.3 is 4.90 Å². The standard InChI is InChI=1S/C12H15NO/c1-3-10-5-4-6-11(7-10)12(14)13-8-9(13)2/h4-7,9H,3,8H2,1-2H3. The number of carbonyl (C=O) groups excluding carboxylic acids is 1. The molecule has 1 atom stereocenters. The smallest absolute Gasteiger partial charge is 0.254 e. The summed E-state index contributed by atoms with van der Waals surface area (Å²) in [6.07, 6.45) is 0.983. The fraction of sp³-hybridized carbons (Fsp3) is 0.417. The molecule has 1 unspecified atom stereocenters. The topological polar surface area (TPSA) is 20.1 Å². The highest BCUT2D eigenvalue weighted by Gasteiger charge is 2.34. The van der Waals surface area contributed by atoms with Gasteiger partial charge in [0.25, 0.3) is 5.91 Å². The molecule has 2 nitrogen and oxygen atoms in total. The van der Waals surface area contributed by atoms with Gasteiger partial charge in [-0.25, -0.2) is 0 Å². The zero-order valence-corrected chi connectivity index (χ0v) is 8.66. The van der Waals surface area contributed by atoms with Crippen molar-refractivity contribution in [1.82, 2.24) is 4.90 Å². The number of benzene rings is 1. The molecule has 1 aliphatic heterocycles. The van der Waals surface area contributed by atoms with Crippen molar-refractivity contribution in [1.29, 1.82) is 0 Å². The van der Waals surface area contributed by atoms with Gasteiger partial charge in [-0.2, -0.15) is 0 Å². The van der Waals surface area contributed by atoms with Gasteiger partial charge in [0.2, 0.25) is 0 Å². The maximum absolute atomic E-state index is 11.8. The molecule has 1 aromatic carbocycles. The van der Waals surface area contributed by atoms with Crippen molar-refractivity contribution in [3.05, 3.63) is 35.4 Å². The van der Waals surface area contributed by atoms with Crippen LogP contribution >= 0.6 is 0 Å². The molecular formula is C12H15NO. The third kappa shape index (κ3) is 1.65. The first-order chi connectivity index (χ1) is 6.72. The second-order valence-corrected chi connectivity index (χ2v) is 3.86. The predicted octanol–water partition coefficient (Wildman–Crippen LogP) is 2.09. The maximum atomic E-state index is 11.8. The quantitative estimate of drug-likeness (QED) is 0.652. The van der Waals surface area contributed by atoms with Gasteiger partial charge in [0, 0.05) is 18.2 Å². The summed E-state index contributed by atoms with van der Waals surface area (Å²) in [5.74, 6) is 0.174. The molecule has 0 bridgehead atoms. The molecule has 0 saturated carbocycles. The van der Waals surface area contributed by atoms with Crippen LogP contribution in [0.2, 0.25) is 0 Å². The van der Waals surface area contributed by atoms with Crippen LogP contribution in [-0.2, 0) is 6.42 Å². The molecule has 1 saturated heterocycles. The first-order valence-electron chi connectivity index (χ1n) is 5.12. The van der Waals surface area contributed by atoms with Gasteiger partial charge >= 0.3 is 0 Å². The Bertz CT molecular complexity index is 359. The summed E-state index contributed by atoms with van der Waals surface area (Å²) in [5, 5.41) is 0. The number of carbonyl (C=O) groups is 1. The third-order valence-corrected chi connectivity index (χ3v) is 2.70. The molecule has 2 rings (SSSR count). The van der Waals surface area contributed by atoms with E-state index in [1.54, 1.807) is 0 Å². The molecule has 1 fully saturated rings. The minimum Gasteiger partial charge on any atom is -0.332 e. The summed E-state index contributed by atoms with van der Waals surface area (Å²) in [4.78, 5) is 13.7. The second-order valence-electron chi connectivity index (χ2n) is 3.86. The van der Waals surface area contributed by atoms with Crippen molar-refractivity contribution in [2.75, 3.05) is 6.54 Å². The Labute approximate surface area is 84.5 Å². The van der Waals surface area contributed by atoms with Crippen molar-refractivity contribution in [2.45, 2.75) is 26.3 Å². The molecule has 1 amide bonds. The molecule has 1 aromatic rings. The Morgan fingerprint density at radius 3 is 2.86 bits per heavy atom. The van der Waals surface area contributed by atoms with Gasteiger partial charge in [0.15, 0.2) is 0 Å². The summed E-state index contributed by atoms with van der Waals surface area (Å²) in [6.45, 7) is 5.08. The van der Waals surface area contributed by atoms with E-state index in [1.807, 2.05) is 23.1 Å². The number of aryl methyl sites for hydroxylation is 1. The van der Waals surface area contributed by atoms with Gasteiger partial charge in [-0.1, -0.05) is 19.1 Å². The maximum Gasteiger partial charge on any atom is 0.254 e. The largest absolute Gasteiger partial charge is 0.332 e. The van der Waals surface area contributed by atoms with E-state index in [-0.39, 0.29) is 5.91 Å². The zero-order valence-electron chi connectivity index (χ0n) is 8.66. The average Bonchev–Trinajstić information content (AvgIpc) is 2.94. The molecule has 74 valence electrons. The molecule has 0 radical (unpaired) electrons. The molecule has 14 heavy (non-hydrogen) atoms. The molecule has 0 spiro atoms. The van der Waals surface area contributed by atoms with Crippen LogP contribution < -0.4 is 0 Å². The molecule has 0 aliphatic carbocycles. The van der Waals surface area contributed by atoms with E-state index < -0.39 is 0 Å². The van der Waals surface area contributed by atoms with Crippen molar-refractivity contribution in [3.63, 3.8) is 0 Å². The van der Waals surface area contributed by atoms with Crippen molar-refractivity contribution >= 4 is 5.91 Å². The number of hydrogen-bond acceptors (Lipinski definition) is 1. The molecule has 0 N–H and O–H groups in total. The van der Waals surface area contributed by atoms with E-state index in [9.17, 15) is 4.79 Å². The Morgan fingerprint density at radius 2 is 2.29 bits per heavy atom. The normalized spacial score (nSPS) is 19.6. The molecule has 2 heteroatoms. The monoisotopic (exact) mass is 189 g/mol. The average molecular weight is 189 g/mol. The second kappa shape index (κ2) is 3.45. The van der Waals surface area contributed by atoms with Gasteiger partial charge in [-0.05, 0) is 31.0 Å². The van der Waals surface area contributed by atoms with Gasteiger partial charge in [-0.3, -0.25) is 4.79 Å². The summed E-state index contributed by atoms with van der Waals surface area (Å²) in [7, 11) is 0. The van der Waals surface area contributed by atoms with Gasteiger partial charge in [0.1, 0.15) is 0 Å². The first-order valence-corrected chi connectivity index (χ1v) is 5.12. The molecule has 1 heterocycles. The van der Waals surface area contributed by atoms with Crippen LogP contribution in [-0.4, -0.2) is 23.4 Å². The fourth-order valence-electron chi connectivity index (χ4n) is 1.61. The highest BCUT2D eigenvalue weighted by atomic mass is 16.2. The van der Waals surface area contributed by atoms with Crippen LogP contribution in [0, 0.1) is 0 Å². The van der Waals surface area contributed by atoms with Crippen LogP contribution in [0.4, 0.5) is 0 Å². The zero-order chi connectivity index (χ0) is 10.1. The van der Waals surface area contributed by atoms with E-state index in [0.29, 0.717) is 6.04 Å². The lowest BCUT2D eigenvalue weighted by molar-refractivity contribution is 0.0876. The minimum absolute atomic E-state index is 0.174. The summed E-state index contributed by atoms with van der Waals surface area (Å²) in [6, 6.07) is 8.34. The Kier molecular flexibility index (Phi) is 2.28. The lowest BCUT2D eigenvalue weighted by Gasteiger charge is -2.04. The molecule has 0 aromatic heterocycles. The number of nitrogens with zero attached hydrogens (tertiary/aromatic N) is 1. The lowest BCUT2D eigenvalue weighted by Crippen LogP contribution is -2.12. The third-order valence-electron chi connectivity index (χ3n) is 2.70. The molecule has 1 aliphatic rings. The summed E-state index contributed by atoms with van der Waals surface area (Å²) < 4.78 is 0. The van der Waals surface area contributed by atoms with Crippen LogP contribution in [0.15, 0.2) is 24.3 Å². The fourth-order valence-corrected chi connectivity index (χ4v) is 1.61. The van der Waals surface area contributed by atoms with Crippen LogP contribution in [0.3, 0.4) is 0 Å². The summed E-state index contributed by atoms with van der Waals surface area (Å²) in [5.41, 5.74) is 2.05. The van der Waals surface area contributed by atoms with Crippen molar-refractivity contribution in [2.24, 2.45) is 0 Å². The highest BCUT2D eigenvalue weighted by molar-refractivity contribution is 5.96. The highest BCUT2D eigenvalue weighted by Crippen LogP contribution is 2.20. The lowest BCUT2D eigenvalue weighted by atomic mass is 10.1. The predicted molar refractivity (Wildman–Crippen MR) is 56.3 cm³/mol. The van der Waals surface area contributed by atoms with E-state index in [4.69, 9.17) is 0 Å². The summed E-state index contributed by atoms with van der Waals surface area (Å²) >= 11 is 0. The SMILES string of the molecule is CCc1cccc(C(=O)N2CC2C)c1. The number of rotatable bonds is 2. The van der Waals surface area contributed by atoms with Crippen LogP contribution in [0.5, 0.6) is 0 Å². The van der Waals surface area contributed by atoms with E-state index >= 15 is 0 Å². The van der Waals surface area contributed by atoms with Gasteiger partial charge in [-0.15, -0.1) is 0 Å². The van der Waals surface area contributed by atoms with Crippen molar-refractivity contribution in [3.8, 4) is 0 Å². The Morgan fingerprint density at radius 1 is 1.57 bits per heavy atom. The van der Waals surface area contributed by atoms with E-state index in [2.05, 4.69) is 19.9 Å². The molecular weight excluding hydrogens is 174 g/mol. The van der Waals surface area contributed by atoms with E-state index in [1.165, 1.54) is 5.56 Å².